The van der Waals surface area contributed by atoms with Gasteiger partial charge < -0.3 is 10.1 Å². The highest BCUT2D eigenvalue weighted by Gasteiger charge is 2.08. The topological polar surface area (TPSA) is 21.3 Å². The Labute approximate surface area is 122 Å². The Morgan fingerprint density at radius 1 is 1.16 bits per heavy atom. The summed E-state index contributed by atoms with van der Waals surface area (Å²) < 4.78 is 5.81. The largest absolute Gasteiger partial charge is 0.492 e. The summed E-state index contributed by atoms with van der Waals surface area (Å²) in [7, 11) is 0. The molecular weight excluding hydrogens is 258 g/mol. The second-order valence-electron chi connectivity index (χ2n) is 5.34. The second kappa shape index (κ2) is 9.22. The van der Waals surface area contributed by atoms with Crippen molar-refractivity contribution in [1.29, 1.82) is 0 Å². The first-order chi connectivity index (χ1) is 9.11. The Morgan fingerprint density at radius 3 is 2.42 bits per heavy atom. The van der Waals surface area contributed by atoms with Crippen LogP contribution in [-0.2, 0) is 0 Å². The minimum atomic E-state index is 0.430. The van der Waals surface area contributed by atoms with Gasteiger partial charge in [-0.2, -0.15) is 0 Å². The van der Waals surface area contributed by atoms with Crippen LogP contribution in [0.4, 0.5) is 0 Å². The summed E-state index contributed by atoms with van der Waals surface area (Å²) in [4.78, 5) is 0. The van der Waals surface area contributed by atoms with E-state index >= 15 is 0 Å². The van der Waals surface area contributed by atoms with E-state index < -0.39 is 0 Å². The highest BCUT2D eigenvalue weighted by atomic mass is 35.5. The van der Waals surface area contributed by atoms with Crippen molar-refractivity contribution in [3.05, 3.63) is 29.3 Å². The molecule has 1 unspecified atom stereocenters. The van der Waals surface area contributed by atoms with Gasteiger partial charge in [-0.25, -0.2) is 0 Å². The molecule has 1 aromatic rings. The molecule has 3 heteroatoms. The summed E-state index contributed by atoms with van der Waals surface area (Å²) in [6.07, 6.45) is 3.70. The zero-order valence-electron chi connectivity index (χ0n) is 12.3. The monoisotopic (exact) mass is 283 g/mol. The van der Waals surface area contributed by atoms with Crippen molar-refractivity contribution < 1.29 is 4.74 Å². The van der Waals surface area contributed by atoms with Gasteiger partial charge in [0.15, 0.2) is 0 Å². The lowest BCUT2D eigenvalue weighted by atomic mass is 10.0. The predicted octanol–water partition coefficient (Wildman–Crippen LogP) is 4.52. The van der Waals surface area contributed by atoms with Crippen LogP contribution >= 0.6 is 11.6 Å². The molecule has 0 radical (unpaired) electrons. The first-order valence-electron chi connectivity index (χ1n) is 7.23. The van der Waals surface area contributed by atoms with E-state index in [2.05, 4.69) is 26.1 Å². The summed E-state index contributed by atoms with van der Waals surface area (Å²) >= 11 is 5.85. The number of rotatable bonds is 9. The van der Waals surface area contributed by atoms with E-state index in [1.807, 2.05) is 24.3 Å². The van der Waals surface area contributed by atoms with Crippen LogP contribution < -0.4 is 10.1 Å². The van der Waals surface area contributed by atoms with E-state index in [4.69, 9.17) is 16.3 Å². The molecule has 108 valence electrons. The summed E-state index contributed by atoms with van der Waals surface area (Å²) in [6.45, 7) is 8.38. The van der Waals surface area contributed by atoms with Crippen molar-refractivity contribution in [1.82, 2.24) is 5.32 Å². The lowest BCUT2D eigenvalue weighted by molar-refractivity contribution is 0.254. The molecule has 0 fully saturated rings. The molecule has 1 atom stereocenters. The molecule has 0 aliphatic heterocycles. The fourth-order valence-electron chi connectivity index (χ4n) is 2.03. The zero-order chi connectivity index (χ0) is 14.1. The molecule has 0 bridgehead atoms. The van der Waals surface area contributed by atoms with E-state index in [0.29, 0.717) is 12.6 Å². The van der Waals surface area contributed by atoms with E-state index in [-0.39, 0.29) is 0 Å². The van der Waals surface area contributed by atoms with Gasteiger partial charge in [-0.05, 0) is 43.1 Å². The van der Waals surface area contributed by atoms with Crippen LogP contribution in [0.2, 0.25) is 5.02 Å². The number of likely N-dealkylation sites (N-methyl/N-ethyl adjacent to an activating group) is 1. The summed E-state index contributed by atoms with van der Waals surface area (Å²) in [6, 6.07) is 7.98. The van der Waals surface area contributed by atoms with Gasteiger partial charge in [0.05, 0.1) is 0 Å². The van der Waals surface area contributed by atoms with Crippen molar-refractivity contribution in [3.63, 3.8) is 0 Å². The van der Waals surface area contributed by atoms with Gasteiger partial charge in [-0.3, -0.25) is 0 Å². The van der Waals surface area contributed by atoms with Crippen LogP contribution in [0.15, 0.2) is 24.3 Å². The maximum atomic E-state index is 5.85. The SMILES string of the molecule is CCNC(CCCC(C)C)COc1ccc(Cl)cc1. The maximum absolute atomic E-state index is 5.85. The zero-order valence-corrected chi connectivity index (χ0v) is 13.0. The summed E-state index contributed by atoms with van der Waals surface area (Å²) in [5, 5.41) is 4.23. The third-order valence-corrected chi connectivity index (χ3v) is 3.34. The van der Waals surface area contributed by atoms with Crippen molar-refractivity contribution in [2.75, 3.05) is 13.2 Å². The summed E-state index contributed by atoms with van der Waals surface area (Å²) in [5.74, 6) is 1.66. The molecular formula is C16H26ClNO. The Hall–Kier alpha value is -0.730. The average Bonchev–Trinajstić information content (AvgIpc) is 2.37. The lowest BCUT2D eigenvalue weighted by Crippen LogP contribution is -2.34. The number of halogens is 1. The number of hydrogen-bond donors (Lipinski definition) is 1. The molecule has 19 heavy (non-hydrogen) atoms. The molecule has 0 heterocycles. The van der Waals surface area contributed by atoms with Crippen molar-refractivity contribution in [3.8, 4) is 5.75 Å². The third kappa shape index (κ3) is 7.44. The average molecular weight is 284 g/mol. The molecule has 2 nitrogen and oxygen atoms in total. The predicted molar refractivity (Wildman–Crippen MR) is 83.1 cm³/mol. The number of ether oxygens (including phenoxy) is 1. The number of hydrogen-bond acceptors (Lipinski definition) is 2. The van der Waals surface area contributed by atoms with Gasteiger partial charge in [-0.15, -0.1) is 0 Å². The molecule has 1 rings (SSSR count). The van der Waals surface area contributed by atoms with Crippen LogP contribution in [0.1, 0.15) is 40.0 Å². The van der Waals surface area contributed by atoms with E-state index in [0.717, 1.165) is 23.2 Å². The molecule has 0 saturated heterocycles. The molecule has 0 aliphatic rings. The third-order valence-electron chi connectivity index (χ3n) is 3.09. The minimum Gasteiger partial charge on any atom is -0.492 e. The van der Waals surface area contributed by atoms with Gasteiger partial charge in [-0.1, -0.05) is 45.2 Å². The number of nitrogens with one attached hydrogen (secondary N) is 1. The quantitative estimate of drug-likeness (QED) is 0.719. The normalized spacial score (nSPS) is 12.7. The van der Waals surface area contributed by atoms with Gasteiger partial charge in [0, 0.05) is 11.1 Å². The highest BCUT2D eigenvalue weighted by Crippen LogP contribution is 2.16. The van der Waals surface area contributed by atoms with Gasteiger partial charge in [0.25, 0.3) is 0 Å². The Morgan fingerprint density at radius 2 is 1.84 bits per heavy atom. The molecule has 0 spiro atoms. The van der Waals surface area contributed by atoms with Crippen LogP contribution in [0.5, 0.6) is 5.75 Å². The van der Waals surface area contributed by atoms with Crippen LogP contribution in [0.3, 0.4) is 0 Å². The van der Waals surface area contributed by atoms with Gasteiger partial charge in [0.1, 0.15) is 12.4 Å². The fraction of sp³-hybridized carbons (Fsp3) is 0.625. The minimum absolute atomic E-state index is 0.430. The maximum Gasteiger partial charge on any atom is 0.119 e. The van der Waals surface area contributed by atoms with Crippen LogP contribution in [-0.4, -0.2) is 19.2 Å². The molecule has 0 amide bonds. The first-order valence-corrected chi connectivity index (χ1v) is 7.61. The highest BCUT2D eigenvalue weighted by molar-refractivity contribution is 6.30. The molecule has 1 aromatic carbocycles. The smallest absolute Gasteiger partial charge is 0.119 e. The van der Waals surface area contributed by atoms with Crippen molar-refractivity contribution in [2.24, 2.45) is 5.92 Å². The lowest BCUT2D eigenvalue weighted by Gasteiger charge is -2.19. The van der Waals surface area contributed by atoms with Crippen LogP contribution in [0, 0.1) is 5.92 Å². The number of benzene rings is 1. The standard InChI is InChI=1S/C16H26ClNO/c1-4-18-15(7-5-6-13(2)3)12-19-16-10-8-14(17)9-11-16/h8-11,13,15,18H,4-7,12H2,1-3H3. The van der Waals surface area contributed by atoms with Crippen molar-refractivity contribution in [2.45, 2.75) is 46.1 Å². The Bertz CT molecular complexity index is 337. The first kappa shape index (κ1) is 16.3. The van der Waals surface area contributed by atoms with Crippen LogP contribution in [0.25, 0.3) is 0 Å². The van der Waals surface area contributed by atoms with Crippen molar-refractivity contribution >= 4 is 11.6 Å². The molecule has 0 saturated carbocycles. The van der Waals surface area contributed by atoms with E-state index in [1.54, 1.807) is 0 Å². The van der Waals surface area contributed by atoms with Gasteiger partial charge in [0.2, 0.25) is 0 Å². The van der Waals surface area contributed by atoms with E-state index in [1.165, 1.54) is 19.3 Å². The second-order valence-corrected chi connectivity index (χ2v) is 5.78. The Balaban J connectivity index is 2.33. The fourth-order valence-corrected chi connectivity index (χ4v) is 2.16. The Kier molecular flexibility index (Phi) is 7.92. The molecule has 0 aromatic heterocycles. The molecule has 1 N–H and O–H groups in total. The molecule has 0 aliphatic carbocycles. The van der Waals surface area contributed by atoms with Gasteiger partial charge >= 0.3 is 0 Å². The summed E-state index contributed by atoms with van der Waals surface area (Å²) in [5.41, 5.74) is 0. The van der Waals surface area contributed by atoms with E-state index in [9.17, 15) is 0 Å².